The second kappa shape index (κ2) is 13.5. The second-order valence-electron chi connectivity index (χ2n) is 14.6. The number of aliphatic hydroxyl groups is 1. The number of nitrogens with one attached hydrogen (secondary N) is 1. The molecule has 1 spiro atoms. The number of aliphatic hydroxyl groups excluding tert-OH is 1. The predicted octanol–water partition coefficient (Wildman–Crippen LogP) is 5.37. The summed E-state index contributed by atoms with van der Waals surface area (Å²) in [5, 5.41) is 29.3. The second-order valence-corrected chi connectivity index (χ2v) is 19.3. The van der Waals surface area contributed by atoms with E-state index in [0.717, 1.165) is 16.7 Å². The summed E-state index contributed by atoms with van der Waals surface area (Å²) in [6, 6.07) is 31.0. The summed E-state index contributed by atoms with van der Waals surface area (Å²) >= 11 is 0. The Labute approximate surface area is 308 Å². The van der Waals surface area contributed by atoms with Gasteiger partial charge >= 0.3 is 0 Å². The molecule has 2 aromatic heterocycles. The lowest BCUT2D eigenvalue weighted by molar-refractivity contribution is -0.143. The third-order valence-corrected chi connectivity index (χ3v) is 15.8. The molecule has 12 heteroatoms. The molecule has 4 heterocycles. The van der Waals surface area contributed by atoms with Crippen LogP contribution in [0.3, 0.4) is 0 Å². The lowest BCUT2D eigenvalue weighted by Gasteiger charge is -2.37. The van der Waals surface area contributed by atoms with Gasteiger partial charge < -0.3 is 19.9 Å². The van der Waals surface area contributed by atoms with Crippen molar-refractivity contribution in [2.45, 2.75) is 56.1 Å². The molecule has 270 valence electrons. The lowest BCUT2D eigenvalue weighted by atomic mass is 9.82. The summed E-state index contributed by atoms with van der Waals surface area (Å²) in [7, 11) is -0.716. The number of carbonyl (C=O) groups is 1. The molecule has 6 aromatic rings. The van der Waals surface area contributed by atoms with Gasteiger partial charge in [-0.3, -0.25) is 14.3 Å². The van der Waals surface area contributed by atoms with Gasteiger partial charge in [-0.1, -0.05) is 91.1 Å². The van der Waals surface area contributed by atoms with Crippen LogP contribution in [0.15, 0.2) is 114 Å². The number of carbonyl (C=O) groups excluding carboxylic acids is 1. The fourth-order valence-corrected chi connectivity index (χ4v) is 12.8. The Kier molecular flexibility index (Phi) is 8.84. The highest BCUT2D eigenvalue weighted by Gasteiger charge is 2.64. The van der Waals surface area contributed by atoms with Crippen molar-refractivity contribution in [3.05, 3.63) is 137 Å². The molecule has 11 nitrogen and oxygen atoms in total. The van der Waals surface area contributed by atoms with Gasteiger partial charge in [0.05, 0.1) is 56.8 Å². The molecule has 1 saturated heterocycles. The predicted molar refractivity (Wildman–Crippen MR) is 206 cm³/mol. The maximum atomic E-state index is 14.3. The molecule has 1 unspecified atom stereocenters. The molecule has 0 saturated carbocycles. The van der Waals surface area contributed by atoms with Crippen LogP contribution in [0.1, 0.15) is 36.1 Å². The van der Waals surface area contributed by atoms with Gasteiger partial charge in [-0.2, -0.15) is 9.78 Å². The molecule has 8 rings (SSSR count). The molecular formula is C41H42N6O5Si. The minimum Gasteiger partial charge on any atom is -0.497 e. The van der Waals surface area contributed by atoms with Crippen LogP contribution in [-0.4, -0.2) is 63.7 Å². The number of anilines is 1. The number of hydrogen-bond acceptors (Lipinski definition) is 8. The number of aromatic nitrogens is 5. The topological polar surface area (TPSA) is 133 Å². The molecule has 0 radical (unpaired) electrons. The maximum Gasteiger partial charge on any atom is 0.279 e. The van der Waals surface area contributed by atoms with Gasteiger partial charge in [-0.25, -0.2) is 0 Å². The fraction of sp³-hybridized carbons (Fsp3) is 0.293. The number of amides is 1. The quantitative estimate of drug-likeness (QED) is 0.180. The molecular weight excluding hydrogens is 685 g/mol. The van der Waals surface area contributed by atoms with Crippen LogP contribution in [0.2, 0.25) is 18.6 Å². The summed E-state index contributed by atoms with van der Waals surface area (Å²) in [4.78, 5) is 28.0. The van der Waals surface area contributed by atoms with Gasteiger partial charge in [-0.05, 0) is 53.9 Å². The third-order valence-electron chi connectivity index (χ3n) is 11.5. The number of rotatable bonds is 10. The van der Waals surface area contributed by atoms with Crippen molar-refractivity contribution in [2.75, 3.05) is 19.0 Å². The number of nitrogens with zero attached hydrogens (tertiary/aromatic N) is 5. The van der Waals surface area contributed by atoms with Crippen LogP contribution < -0.4 is 20.8 Å². The van der Waals surface area contributed by atoms with Crippen molar-refractivity contribution in [1.29, 1.82) is 0 Å². The van der Waals surface area contributed by atoms with E-state index >= 15 is 0 Å². The average Bonchev–Trinajstić information content (AvgIpc) is 3.85. The highest BCUT2D eigenvalue weighted by Crippen LogP contribution is 2.58. The van der Waals surface area contributed by atoms with Crippen LogP contribution in [0.5, 0.6) is 5.75 Å². The van der Waals surface area contributed by atoms with Crippen molar-refractivity contribution in [3.8, 4) is 11.4 Å². The first-order valence-corrected chi connectivity index (χ1v) is 21.0. The van der Waals surface area contributed by atoms with E-state index in [9.17, 15) is 14.7 Å². The summed E-state index contributed by atoms with van der Waals surface area (Å²) in [5.74, 6) is 0.0645. The monoisotopic (exact) mass is 726 g/mol. The van der Waals surface area contributed by atoms with E-state index in [1.165, 1.54) is 9.87 Å². The number of ether oxygens (including phenoxy) is 2. The van der Waals surface area contributed by atoms with Crippen molar-refractivity contribution in [1.82, 2.24) is 24.8 Å². The first-order chi connectivity index (χ1) is 25.6. The van der Waals surface area contributed by atoms with Crippen molar-refractivity contribution >= 4 is 35.6 Å². The summed E-state index contributed by atoms with van der Waals surface area (Å²) in [5.41, 5.74) is 2.07. The molecule has 53 heavy (non-hydrogen) atoms. The number of aryl methyl sites for hydroxylation is 1. The Morgan fingerprint density at radius 1 is 1.00 bits per heavy atom. The van der Waals surface area contributed by atoms with Crippen LogP contribution in [0.25, 0.3) is 16.5 Å². The normalized spacial score (nSPS) is 21.5. The molecule has 2 N–H and O–H groups in total. The molecule has 0 aliphatic carbocycles. The van der Waals surface area contributed by atoms with Gasteiger partial charge in [0.2, 0.25) is 0 Å². The molecule has 4 aromatic carbocycles. The van der Waals surface area contributed by atoms with Crippen molar-refractivity contribution in [3.63, 3.8) is 0 Å². The van der Waals surface area contributed by atoms with E-state index in [1.54, 1.807) is 24.1 Å². The Morgan fingerprint density at radius 3 is 2.51 bits per heavy atom. The molecule has 2 aliphatic heterocycles. The van der Waals surface area contributed by atoms with Crippen LogP contribution in [0.4, 0.5) is 5.69 Å². The Morgan fingerprint density at radius 2 is 1.75 bits per heavy atom. The van der Waals surface area contributed by atoms with Gasteiger partial charge in [0.25, 0.3) is 11.5 Å². The van der Waals surface area contributed by atoms with E-state index in [2.05, 4.69) is 52.9 Å². The highest BCUT2D eigenvalue weighted by molar-refractivity contribution is 6.91. The van der Waals surface area contributed by atoms with Crippen LogP contribution in [-0.2, 0) is 21.7 Å². The summed E-state index contributed by atoms with van der Waals surface area (Å²) in [6.07, 6.45) is 3.84. The van der Waals surface area contributed by atoms with E-state index in [1.807, 2.05) is 85.1 Å². The maximum absolute atomic E-state index is 14.3. The molecule has 5 atom stereocenters. The summed E-state index contributed by atoms with van der Waals surface area (Å²) in [6.45, 7) is 7.22. The minimum absolute atomic E-state index is 0.00951. The van der Waals surface area contributed by atoms with Gasteiger partial charge in [0.15, 0.2) is 5.60 Å². The third kappa shape index (κ3) is 5.77. The fourth-order valence-electron chi connectivity index (χ4n) is 8.69. The highest BCUT2D eigenvalue weighted by atomic mass is 28.3. The van der Waals surface area contributed by atoms with Crippen LogP contribution >= 0.6 is 0 Å². The van der Waals surface area contributed by atoms with E-state index in [0.29, 0.717) is 41.0 Å². The summed E-state index contributed by atoms with van der Waals surface area (Å²) < 4.78 is 15.8. The number of methoxy groups -OCH3 is 1. The SMILES string of the molecule is COc1ccc([Si](C)(C)[C@@H]2[C@@H](CCn3cc(C(CO)c4ccccc4)nn3)O[C@]3(C(=O)Nc4ccc(-n5ncc6ccccc6c5=O)cc43)[C@H]2C)cc1. The zero-order valence-electron chi connectivity index (χ0n) is 30.1. The molecule has 1 fully saturated rings. The van der Waals surface area contributed by atoms with Gasteiger partial charge in [0, 0.05) is 35.3 Å². The smallest absolute Gasteiger partial charge is 0.279 e. The zero-order chi connectivity index (χ0) is 36.9. The standard InChI is InChI=1S/C41H42N6O5Si/c1-26-38(53(3,4)31-17-15-30(51-2)16-18-31)37(20-21-46-24-36(44-45-46)33(25-48)27-10-6-5-7-11-27)52-41(26)34-22-29(14-19-35(34)43-40(41)50)47-39(49)32-13-9-8-12-28(32)23-42-47/h5-19,22-24,26,33,37-38,48H,20-21,25H2,1-4H3,(H,43,50)/t26-,33?,37+,38-,41+/m0/s1. The van der Waals surface area contributed by atoms with Crippen molar-refractivity contribution in [2.24, 2.45) is 5.92 Å². The lowest BCUT2D eigenvalue weighted by Crippen LogP contribution is -2.51. The molecule has 0 bridgehead atoms. The number of hydrogen-bond donors (Lipinski definition) is 2. The number of fused-ring (bicyclic) bond motifs is 3. The van der Waals surface area contributed by atoms with E-state index in [4.69, 9.17) is 9.47 Å². The first kappa shape index (κ1) is 34.6. The largest absolute Gasteiger partial charge is 0.497 e. The van der Waals surface area contributed by atoms with E-state index in [-0.39, 0.29) is 41.6 Å². The first-order valence-electron chi connectivity index (χ1n) is 18.0. The van der Waals surface area contributed by atoms with Crippen LogP contribution in [0, 0.1) is 5.92 Å². The van der Waals surface area contributed by atoms with E-state index < -0.39 is 13.7 Å². The average molecular weight is 727 g/mol. The van der Waals surface area contributed by atoms with Gasteiger partial charge in [-0.15, -0.1) is 5.10 Å². The zero-order valence-corrected chi connectivity index (χ0v) is 31.1. The minimum atomic E-state index is -2.38. The Balaban J connectivity index is 1.17. The molecule has 1 amide bonds. The number of benzene rings is 4. The molecule has 2 aliphatic rings. The van der Waals surface area contributed by atoms with Gasteiger partial charge in [0.1, 0.15) is 5.75 Å². The Bertz CT molecular complexity index is 2360. The van der Waals surface area contributed by atoms with Crippen molar-refractivity contribution < 1.29 is 19.4 Å². The Hall–Kier alpha value is -5.43.